The van der Waals surface area contributed by atoms with E-state index in [1.807, 2.05) is 0 Å². The summed E-state index contributed by atoms with van der Waals surface area (Å²) in [6, 6.07) is 0. The second-order valence-electron chi connectivity index (χ2n) is 6.42. The third-order valence-electron chi connectivity index (χ3n) is 4.55. The lowest BCUT2D eigenvalue weighted by atomic mass is 9.79. The average Bonchev–Trinajstić information content (AvgIpc) is 2.76. The number of ether oxygens (including phenoxy) is 1. The lowest BCUT2D eigenvalue weighted by Gasteiger charge is -2.40. The van der Waals surface area contributed by atoms with E-state index in [0.717, 1.165) is 25.7 Å². The van der Waals surface area contributed by atoms with Crippen LogP contribution in [0.15, 0.2) is 0 Å². The summed E-state index contributed by atoms with van der Waals surface area (Å²) in [5.74, 6) is 0.894. The quantitative estimate of drug-likeness (QED) is 0.735. The molecule has 2 aliphatic heterocycles. The fraction of sp³-hybridized carbons (Fsp3) is 1.00. The van der Waals surface area contributed by atoms with Gasteiger partial charge in [0.05, 0.1) is 0 Å². The highest BCUT2D eigenvalue weighted by atomic mass is 16.5. The van der Waals surface area contributed by atoms with E-state index in [2.05, 4.69) is 24.1 Å². The Bertz CT molecular complexity index is 239. The molecule has 2 saturated heterocycles. The summed E-state index contributed by atoms with van der Waals surface area (Å²) in [5, 5.41) is 3.65. The first-order valence-electron chi connectivity index (χ1n) is 7.75. The van der Waals surface area contributed by atoms with Crippen molar-refractivity contribution in [2.24, 2.45) is 11.3 Å². The molecule has 0 bridgehead atoms. The molecule has 3 heteroatoms. The minimum atomic E-state index is 0.470. The van der Waals surface area contributed by atoms with Crippen molar-refractivity contribution in [2.75, 3.05) is 45.9 Å². The maximum absolute atomic E-state index is 5.57. The molecule has 1 N–H and O–H groups in total. The predicted octanol–water partition coefficient (Wildman–Crippen LogP) is 2.12. The molecule has 2 aliphatic rings. The average molecular weight is 254 g/mol. The van der Waals surface area contributed by atoms with Crippen molar-refractivity contribution in [3.8, 4) is 0 Å². The fourth-order valence-corrected chi connectivity index (χ4v) is 3.37. The zero-order chi connectivity index (χ0) is 12.8. The number of hydrogen-bond donors (Lipinski definition) is 1. The smallest absolute Gasteiger partial charge is 0.0472 e. The van der Waals surface area contributed by atoms with Crippen LogP contribution in [-0.4, -0.2) is 50.8 Å². The maximum atomic E-state index is 5.57. The zero-order valence-corrected chi connectivity index (χ0v) is 12.2. The van der Waals surface area contributed by atoms with Gasteiger partial charge < -0.3 is 15.0 Å². The van der Waals surface area contributed by atoms with Crippen LogP contribution in [0.1, 0.15) is 39.5 Å². The van der Waals surface area contributed by atoms with Gasteiger partial charge in [-0.2, -0.15) is 0 Å². The SMILES string of the molecule is CCCNCC1(CN2CCC(C)C2)CCOCC1. The van der Waals surface area contributed by atoms with Gasteiger partial charge in [0.25, 0.3) is 0 Å². The Morgan fingerprint density at radius 1 is 1.33 bits per heavy atom. The van der Waals surface area contributed by atoms with E-state index in [1.54, 1.807) is 0 Å². The van der Waals surface area contributed by atoms with Gasteiger partial charge in [-0.25, -0.2) is 0 Å². The van der Waals surface area contributed by atoms with E-state index in [1.165, 1.54) is 51.9 Å². The van der Waals surface area contributed by atoms with Gasteiger partial charge in [-0.1, -0.05) is 13.8 Å². The Kier molecular flexibility index (Phi) is 5.46. The summed E-state index contributed by atoms with van der Waals surface area (Å²) in [6.07, 6.45) is 5.07. The lowest BCUT2D eigenvalue weighted by Crippen LogP contribution is -2.47. The number of nitrogens with zero attached hydrogens (tertiary/aromatic N) is 1. The predicted molar refractivity (Wildman–Crippen MR) is 75.9 cm³/mol. The highest BCUT2D eigenvalue weighted by molar-refractivity contribution is 4.89. The normalized spacial score (nSPS) is 28.7. The van der Waals surface area contributed by atoms with Gasteiger partial charge in [-0.3, -0.25) is 0 Å². The number of nitrogens with one attached hydrogen (secondary N) is 1. The van der Waals surface area contributed by atoms with Crippen molar-refractivity contribution in [3.63, 3.8) is 0 Å². The van der Waals surface area contributed by atoms with Crippen molar-refractivity contribution >= 4 is 0 Å². The van der Waals surface area contributed by atoms with Gasteiger partial charge in [0, 0.05) is 32.8 Å². The Balaban J connectivity index is 1.86. The van der Waals surface area contributed by atoms with Gasteiger partial charge in [-0.15, -0.1) is 0 Å². The minimum Gasteiger partial charge on any atom is -0.381 e. The molecule has 1 unspecified atom stereocenters. The van der Waals surface area contributed by atoms with E-state index in [0.29, 0.717) is 5.41 Å². The molecule has 18 heavy (non-hydrogen) atoms. The zero-order valence-electron chi connectivity index (χ0n) is 12.2. The molecular formula is C15H30N2O. The monoisotopic (exact) mass is 254 g/mol. The molecule has 0 radical (unpaired) electrons. The van der Waals surface area contributed by atoms with Crippen LogP contribution >= 0.6 is 0 Å². The molecule has 3 nitrogen and oxygen atoms in total. The van der Waals surface area contributed by atoms with Crippen LogP contribution in [0.25, 0.3) is 0 Å². The molecule has 2 fully saturated rings. The second-order valence-corrected chi connectivity index (χ2v) is 6.42. The molecule has 2 heterocycles. The Labute approximate surface area is 112 Å². The first kappa shape index (κ1) is 14.3. The van der Waals surface area contributed by atoms with Crippen LogP contribution in [0.3, 0.4) is 0 Å². The van der Waals surface area contributed by atoms with E-state index in [4.69, 9.17) is 4.74 Å². The van der Waals surface area contributed by atoms with Gasteiger partial charge in [-0.05, 0) is 50.1 Å². The second kappa shape index (κ2) is 6.88. The Morgan fingerprint density at radius 3 is 2.72 bits per heavy atom. The van der Waals surface area contributed by atoms with E-state index in [9.17, 15) is 0 Å². The molecule has 0 amide bonds. The molecule has 0 aliphatic carbocycles. The van der Waals surface area contributed by atoms with Gasteiger partial charge in [0.1, 0.15) is 0 Å². The molecule has 0 aromatic rings. The first-order chi connectivity index (χ1) is 8.74. The molecule has 2 rings (SSSR count). The Morgan fingerprint density at radius 2 is 2.11 bits per heavy atom. The number of likely N-dealkylation sites (tertiary alicyclic amines) is 1. The van der Waals surface area contributed by atoms with Crippen molar-refractivity contribution < 1.29 is 4.74 Å². The highest BCUT2D eigenvalue weighted by Gasteiger charge is 2.35. The third kappa shape index (κ3) is 3.94. The Hall–Kier alpha value is -0.120. The van der Waals surface area contributed by atoms with Crippen LogP contribution in [0, 0.1) is 11.3 Å². The summed E-state index contributed by atoms with van der Waals surface area (Å²) in [4.78, 5) is 2.68. The van der Waals surface area contributed by atoms with Crippen LogP contribution in [0.5, 0.6) is 0 Å². The summed E-state index contributed by atoms with van der Waals surface area (Å²) in [6.45, 7) is 12.7. The van der Waals surface area contributed by atoms with Gasteiger partial charge >= 0.3 is 0 Å². The minimum absolute atomic E-state index is 0.470. The molecule has 1 atom stereocenters. The molecular weight excluding hydrogens is 224 g/mol. The summed E-state index contributed by atoms with van der Waals surface area (Å²) in [5.41, 5.74) is 0.470. The topological polar surface area (TPSA) is 24.5 Å². The first-order valence-corrected chi connectivity index (χ1v) is 7.75. The van der Waals surface area contributed by atoms with Crippen LogP contribution in [0.4, 0.5) is 0 Å². The number of rotatable bonds is 6. The van der Waals surface area contributed by atoms with E-state index in [-0.39, 0.29) is 0 Å². The van der Waals surface area contributed by atoms with Crippen LogP contribution in [0.2, 0.25) is 0 Å². The van der Waals surface area contributed by atoms with Gasteiger partial charge in [0.2, 0.25) is 0 Å². The number of hydrogen-bond acceptors (Lipinski definition) is 3. The van der Waals surface area contributed by atoms with Crippen molar-refractivity contribution in [2.45, 2.75) is 39.5 Å². The molecule has 0 spiro atoms. The van der Waals surface area contributed by atoms with Crippen molar-refractivity contribution in [1.82, 2.24) is 10.2 Å². The van der Waals surface area contributed by atoms with Crippen molar-refractivity contribution in [1.29, 1.82) is 0 Å². The largest absolute Gasteiger partial charge is 0.381 e. The van der Waals surface area contributed by atoms with Crippen LogP contribution in [-0.2, 0) is 4.74 Å². The third-order valence-corrected chi connectivity index (χ3v) is 4.55. The highest BCUT2D eigenvalue weighted by Crippen LogP contribution is 2.32. The van der Waals surface area contributed by atoms with E-state index >= 15 is 0 Å². The van der Waals surface area contributed by atoms with Gasteiger partial charge in [0.15, 0.2) is 0 Å². The maximum Gasteiger partial charge on any atom is 0.0472 e. The molecule has 0 aromatic carbocycles. The molecule has 0 aromatic heterocycles. The summed E-state index contributed by atoms with van der Waals surface area (Å²) < 4.78 is 5.57. The molecule has 0 saturated carbocycles. The van der Waals surface area contributed by atoms with Crippen LogP contribution < -0.4 is 5.32 Å². The van der Waals surface area contributed by atoms with Crippen molar-refractivity contribution in [3.05, 3.63) is 0 Å². The van der Waals surface area contributed by atoms with E-state index < -0.39 is 0 Å². The standard InChI is InChI=1S/C15H30N2O/c1-3-7-16-12-15(5-9-18-10-6-15)13-17-8-4-14(2)11-17/h14,16H,3-13H2,1-2H3. The molecule has 106 valence electrons. The fourth-order valence-electron chi connectivity index (χ4n) is 3.37. The lowest BCUT2D eigenvalue weighted by molar-refractivity contribution is -0.00125. The summed E-state index contributed by atoms with van der Waals surface area (Å²) >= 11 is 0. The summed E-state index contributed by atoms with van der Waals surface area (Å²) in [7, 11) is 0.